The molecular weight excluding hydrogens is 421 g/mol. The molecule has 10 heteroatoms. The van der Waals surface area contributed by atoms with E-state index in [2.05, 4.69) is 29.1 Å². The van der Waals surface area contributed by atoms with Gasteiger partial charge in [-0.2, -0.15) is 0 Å². The lowest BCUT2D eigenvalue weighted by Gasteiger charge is -2.28. The van der Waals surface area contributed by atoms with Gasteiger partial charge in [-0.1, -0.05) is 36.4 Å². The van der Waals surface area contributed by atoms with Crippen LogP contribution in [0.2, 0.25) is 0 Å². The number of ether oxygens (including phenoxy) is 1. The smallest absolute Gasteiger partial charge is 0.257 e. The standard InChI is InChI=1S/C19H25Cl2N3O5/c1-12(24-18(26)16-10-23-19(29-28-16)14-5-6-14)7-8-22-17(25)11-27-9-3-4-15(21)13(2)20/h3-4,9,14,16,19,23H,1-2,5-8,10-11H2,(H,22,25)(H,24,26)/b9-3+,15-4+. The number of halogens is 2. The van der Waals surface area contributed by atoms with Crippen molar-refractivity contribution >= 4 is 35.0 Å². The van der Waals surface area contributed by atoms with Crippen molar-refractivity contribution in [3.05, 3.63) is 47.3 Å². The number of allylic oxidation sites excluding steroid dienone is 4. The van der Waals surface area contributed by atoms with Crippen LogP contribution in [0.1, 0.15) is 19.3 Å². The number of rotatable bonds is 11. The van der Waals surface area contributed by atoms with Gasteiger partial charge < -0.3 is 15.4 Å². The summed E-state index contributed by atoms with van der Waals surface area (Å²) in [6, 6.07) is 0. The average Bonchev–Trinajstić information content (AvgIpc) is 3.52. The van der Waals surface area contributed by atoms with Crippen molar-refractivity contribution in [2.24, 2.45) is 5.92 Å². The van der Waals surface area contributed by atoms with Gasteiger partial charge in [-0.3, -0.25) is 14.9 Å². The minimum Gasteiger partial charge on any atom is -0.491 e. The predicted molar refractivity (Wildman–Crippen MR) is 109 cm³/mol. The summed E-state index contributed by atoms with van der Waals surface area (Å²) in [5.74, 6) is -0.190. The van der Waals surface area contributed by atoms with Gasteiger partial charge in [0, 0.05) is 31.1 Å². The van der Waals surface area contributed by atoms with Gasteiger partial charge in [0.05, 0.1) is 16.3 Å². The fourth-order valence-electron chi connectivity index (χ4n) is 2.31. The maximum Gasteiger partial charge on any atom is 0.257 e. The minimum atomic E-state index is -0.741. The number of amides is 2. The molecule has 0 radical (unpaired) electrons. The third-order valence-corrected chi connectivity index (χ3v) is 4.72. The van der Waals surface area contributed by atoms with Crippen LogP contribution in [-0.2, 0) is 24.1 Å². The van der Waals surface area contributed by atoms with Crippen LogP contribution in [0.15, 0.2) is 47.3 Å². The van der Waals surface area contributed by atoms with Crippen molar-refractivity contribution < 1.29 is 24.1 Å². The number of hydrogen-bond donors (Lipinski definition) is 3. The number of carbonyl (C=O) groups is 2. The summed E-state index contributed by atoms with van der Waals surface area (Å²) in [6.07, 6.45) is 6.01. The van der Waals surface area contributed by atoms with Gasteiger partial charge in [-0.25, -0.2) is 9.78 Å². The average molecular weight is 446 g/mol. The highest BCUT2D eigenvalue weighted by atomic mass is 35.5. The van der Waals surface area contributed by atoms with Gasteiger partial charge in [0.15, 0.2) is 12.7 Å². The second kappa shape index (κ2) is 12.0. The maximum absolute atomic E-state index is 12.1. The predicted octanol–water partition coefficient (Wildman–Crippen LogP) is 2.18. The number of hydrogen-bond acceptors (Lipinski definition) is 6. The van der Waals surface area contributed by atoms with E-state index >= 15 is 0 Å². The zero-order chi connectivity index (χ0) is 21.2. The highest BCUT2D eigenvalue weighted by Crippen LogP contribution is 2.34. The van der Waals surface area contributed by atoms with Crippen LogP contribution in [0.4, 0.5) is 0 Å². The molecule has 0 aromatic rings. The van der Waals surface area contributed by atoms with E-state index in [0.717, 1.165) is 12.8 Å². The molecule has 1 aliphatic carbocycles. The van der Waals surface area contributed by atoms with Crippen molar-refractivity contribution in [2.75, 3.05) is 19.7 Å². The van der Waals surface area contributed by atoms with Crippen molar-refractivity contribution in [2.45, 2.75) is 31.6 Å². The van der Waals surface area contributed by atoms with Crippen LogP contribution >= 0.6 is 23.2 Å². The van der Waals surface area contributed by atoms with Crippen LogP contribution in [0.5, 0.6) is 0 Å². The molecule has 2 unspecified atom stereocenters. The van der Waals surface area contributed by atoms with E-state index in [9.17, 15) is 9.59 Å². The molecule has 1 saturated carbocycles. The van der Waals surface area contributed by atoms with Crippen LogP contribution in [0, 0.1) is 5.92 Å². The fourth-order valence-corrected chi connectivity index (χ4v) is 2.45. The number of carbonyl (C=O) groups excluding carboxylic acids is 2. The molecule has 2 aliphatic rings. The first-order chi connectivity index (χ1) is 13.9. The Balaban J connectivity index is 1.54. The minimum absolute atomic E-state index is 0.137. The molecule has 2 fully saturated rings. The Morgan fingerprint density at radius 2 is 2.00 bits per heavy atom. The van der Waals surface area contributed by atoms with E-state index in [1.807, 2.05) is 0 Å². The Kier molecular flexibility index (Phi) is 9.69. The molecule has 0 bridgehead atoms. The maximum atomic E-state index is 12.1. The Morgan fingerprint density at radius 3 is 2.62 bits per heavy atom. The summed E-state index contributed by atoms with van der Waals surface area (Å²) in [5, 5.41) is 8.94. The molecule has 2 atom stereocenters. The molecule has 0 spiro atoms. The lowest BCUT2D eigenvalue weighted by molar-refractivity contribution is -0.371. The fraction of sp³-hybridized carbons (Fsp3) is 0.474. The van der Waals surface area contributed by atoms with E-state index in [4.69, 9.17) is 37.7 Å². The Morgan fingerprint density at radius 1 is 1.24 bits per heavy atom. The van der Waals surface area contributed by atoms with E-state index in [1.165, 1.54) is 18.4 Å². The summed E-state index contributed by atoms with van der Waals surface area (Å²) in [6.45, 7) is 7.75. The Labute approximate surface area is 179 Å². The molecule has 0 aromatic heterocycles. The first-order valence-electron chi connectivity index (χ1n) is 9.16. The second-order valence-electron chi connectivity index (χ2n) is 6.60. The molecule has 3 N–H and O–H groups in total. The molecule has 2 amide bonds. The summed E-state index contributed by atoms with van der Waals surface area (Å²) >= 11 is 11.3. The van der Waals surface area contributed by atoms with Crippen molar-refractivity contribution in [1.82, 2.24) is 16.0 Å². The van der Waals surface area contributed by atoms with Crippen LogP contribution < -0.4 is 16.0 Å². The lowest BCUT2D eigenvalue weighted by atomic mass is 10.2. The quantitative estimate of drug-likeness (QED) is 0.256. The van der Waals surface area contributed by atoms with Crippen molar-refractivity contribution in [3.63, 3.8) is 0 Å². The first kappa shape index (κ1) is 23.4. The van der Waals surface area contributed by atoms with Crippen LogP contribution in [0.3, 0.4) is 0 Å². The normalized spacial score (nSPS) is 22.2. The highest BCUT2D eigenvalue weighted by molar-refractivity contribution is 6.43. The lowest BCUT2D eigenvalue weighted by Crippen LogP contribution is -2.51. The SMILES string of the molecule is C=C(CCNC(=O)CO/C=C/C=C(/Cl)C(=C)Cl)NC(=O)C1CNC(C2CC2)OO1. The molecular formula is C19H25Cl2N3O5. The summed E-state index contributed by atoms with van der Waals surface area (Å²) in [4.78, 5) is 34.2. The zero-order valence-corrected chi connectivity index (χ0v) is 17.4. The molecule has 1 aliphatic heterocycles. The van der Waals surface area contributed by atoms with Crippen LogP contribution in [0.25, 0.3) is 0 Å². The molecule has 29 heavy (non-hydrogen) atoms. The molecule has 2 rings (SSSR count). The first-order valence-corrected chi connectivity index (χ1v) is 9.92. The van der Waals surface area contributed by atoms with Gasteiger partial charge >= 0.3 is 0 Å². The van der Waals surface area contributed by atoms with Crippen LogP contribution in [-0.4, -0.2) is 43.8 Å². The number of nitrogens with one attached hydrogen (secondary N) is 3. The van der Waals surface area contributed by atoms with Gasteiger partial charge in [-0.05, 0) is 25.0 Å². The highest BCUT2D eigenvalue weighted by Gasteiger charge is 2.37. The van der Waals surface area contributed by atoms with E-state index in [0.29, 0.717) is 31.1 Å². The molecule has 1 heterocycles. The van der Waals surface area contributed by atoms with Crippen molar-refractivity contribution in [1.29, 1.82) is 0 Å². The van der Waals surface area contributed by atoms with E-state index < -0.39 is 6.10 Å². The second-order valence-corrected chi connectivity index (χ2v) is 7.46. The monoisotopic (exact) mass is 445 g/mol. The summed E-state index contributed by atoms with van der Waals surface area (Å²) in [5.41, 5.74) is 0.463. The summed E-state index contributed by atoms with van der Waals surface area (Å²) in [7, 11) is 0. The van der Waals surface area contributed by atoms with Gasteiger partial charge in [0.2, 0.25) is 0 Å². The molecule has 8 nitrogen and oxygen atoms in total. The Bertz CT molecular complexity index is 683. The van der Waals surface area contributed by atoms with E-state index in [1.54, 1.807) is 0 Å². The van der Waals surface area contributed by atoms with Crippen molar-refractivity contribution in [3.8, 4) is 0 Å². The molecule has 1 saturated heterocycles. The zero-order valence-electron chi connectivity index (χ0n) is 15.9. The topological polar surface area (TPSA) is 97.9 Å². The molecule has 160 valence electrons. The van der Waals surface area contributed by atoms with E-state index in [-0.39, 0.29) is 34.7 Å². The third-order valence-electron chi connectivity index (χ3n) is 4.06. The third kappa shape index (κ3) is 9.01. The largest absolute Gasteiger partial charge is 0.491 e. The van der Waals surface area contributed by atoms with Gasteiger partial charge in [0.1, 0.15) is 6.23 Å². The summed E-state index contributed by atoms with van der Waals surface area (Å²) < 4.78 is 5.06. The molecule has 0 aromatic carbocycles. The van der Waals surface area contributed by atoms with Gasteiger partial charge in [-0.15, -0.1) is 0 Å². The Hall–Kier alpha value is -1.84. The van der Waals surface area contributed by atoms with Gasteiger partial charge in [0.25, 0.3) is 11.8 Å².